The number of rotatable bonds is 5. The van der Waals surface area contributed by atoms with Crippen LogP contribution in [0.15, 0.2) is 30.6 Å². The zero-order valence-corrected chi connectivity index (χ0v) is 14.6. The third kappa shape index (κ3) is 3.74. The molecule has 1 aromatic carbocycles. The lowest BCUT2D eigenvalue weighted by Crippen LogP contribution is -2.22. The molecule has 1 aliphatic rings. The van der Waals surface area contributed by atoms with Crippen molar-refractivity contribution in [3.63, 3.8) is 0 Å². The maximum absolute atomic E-state index is 13.9. The molecule has 1 saturated heterocycles. The number of ether oxygens (including phenoxy) is 2. The van der Waals surface area contributed by atoms with Crippen molar-refractivity contribution in [1.82, 2.24) is 10.3 Å². The van der Waals surface area contributed by atoms with Gasteiger partial charge in [-0.15, -0.1) is 0 Å². The Kier molecular flexibility index (Phi) is 5.43. The summed E-state index contributed by atoms with van der Waals surface area (Å²) in [7, 11) is 1.49. The van der Waals surface area contributed by atoms with Crippen LogP contribution >= 0.6 is 23.2 Å². The average molecular weight is 371 g/mol. The second kappa shape index (κ2) is 7.55. The molecule has 24 heavy (non-hydrogen) atoms. The Labute approximate surface area is 149 Å². The molecule has 128 valence electrons. The lowest BCUT2D eigenvalue weighted by atomic mass is 9.96. The van der Waals surface area contributed by atoms with Gasteiger partial charge < -0.3 is 14.8 Å². The molecule has 0 bridgehead atoms. The molecule has 0 spiro atoms. The Morgan fingerprint density at radius 1 is 1.25 bits per heavy atom. The van der Waals surface area contributed by atoms with E-state index in [4.69, 9.17) is 32.7 Å². The van der Waals surface area contributed by atoms with Crippen LogP contribution in [0, 0.1) is 11.7 Å². The summed E-state index contributed by atoms with van der Waals surface area (Å²) in [6.07, 6.45) is 3.90. The van der Waals surface area contributed by atoms with Gasteiger partial charge in [-0.1, -0.05) is 23.2 Å². The minimum absolute atomic E-state index is 0.0114. The lowest BCUT2D eigenvalue weighted by molar-refractivity contribution is 0.138. The smallest absolute Gasteiger partial charge is 0.165 e. The van der Waals surface area contributed by atoms with E-state index in [1.165, 1.54) is 19.2 Å². The Morgan fingerprint density at radius 3 is 2.75 bits per heavy atom. The van der Waals surface area contributed by atoms with Crippen LogP contribution < -0.4 is 14.8 Å². The number of benzene rings is 1. The molecule has 0 aliphatic carbocycles. The Balaban J connectivity index is 1.96. The summed E-state index contributed by atoms with van der Waals surface area (Å²) in [6.45, 7) is 1.71. The fourth-order valence-corrected chi connectivity index (χ4v) is 3.19. The van der Waals surface area contributed by atoms with Crippen LogP contribution in [0.4, 0.5) is 4.39 Å². The minimum Gasteiger partial charge on any atom is -0.493 e. The van der Waals surface area contributed by atoms with Crippen molar-refractivity contribution in [3.05, 3.63) is 52.0 Å². The first-order chi connectivity index (χ1) is 11.6. The van der Waals surface area contributed by atoms with Crippen LogP contribution in [-0.2, 0) is 0 Å². The van der Waals surface area contributed by atoms with E-state index in [9.17, 15) is 4.39 Å². The molecule has 7 heteroatoms. The first kappa shape index (κ1) is 17.3. The van der Waals surface area contributed by atoms with Gasteiger partial charge in [-0.2, -0.15) is 0 Å². The molecular formula is C17H17Cl2FN2O2. The van der Waals surface area contributed by atoms with E-state index >= 15 is 0 Å². The van der Waals surface area contributed by atoms with Crippen LogP contribution in [0.1, 0.15) is 18.1 Å². The molecule has 0 amide bonds. The molecule has 1 aliphatic heterocycles. The SMILES string of the molecule is COc1cc(Cl)c(F)cc1O[C@H](c1cncc(Cl)c1)[C@@H]1CCNC1. The number of pyridine rings is 1. The van der Waals surface area contributed by atoms with Crippen molar-refractivity contribution < 1.29 is 13.9 Å². The number of hydrogen-bond acceptors (Lipinski definition) is 4. The molecule has 0 unspecified atom stereocenters. The van der Waals surface area contributed by atoms with Gasteiger partial charge in [-0.3, -0.25) is 4.98 Å². The van der Waals surface area contributed by atoms with Crippen molar-refractivity contribution in [2.45, 2.75) is 12.5 Å². The van der Waals surface area contributed by atoms with Gasteiger partial charge in [0.05, 0.1) is 17.2 Å². The second-order valence-corrected chi connectivity index (χ2v) is 6.49. The van der Waals surface area contributed by atoms with Crippen LogP contribution in [0.5, 0.6) is 11.5 Å². The molecule has 4 nitrogen and oxygen atoms in total. The Hall–Kier alpha value is -1.56. The van der Waals surface area contributed by atoms with Crippen LogP contribution in [0.25, 0.3) is 0 Å². The highest BCUT2D eigenvalue weighted by Gasteiger charge is 2.29. The van der Waals surface area contributed by atoms with Crippen LogP contribution in [-0.4, -0.2) is 25.2 Å². The predicted octanol–water partition coefficient (Wildman–Crippen LogP) is 4.27. The van der Waals surface area contributed by atoms with Crippen molar-refractivity contribution in [3.8, 4) is 11.5 Å². The van der Waals surface area contributed by atoms with E-state index in [1.807, 2.05) is 6.07 Å². The fourth-order valence-electron chi connectivity index (χ4n) is 2.85. The average Bonchev–Trinajstić information content (AvgIpc) is 3.09. The van der Waals surface area contributed by atoms with E-state index in [0.29, 0.717) is 16.5 Å². The van der Waals surface area contributed by atoms with Crippen LogP contribution in [0.2, 0.25) is 10.0 Å². The lowest BCUT2D eigenvalue weighted by Gasteiger charge is -2.25. The molecule has 2 heterocycles. The number of nitrogens with zero attached hydrogens (tertiary/aromatic N) is 1. The summed E-state index contributed by atoms with van der Waals surface area (Å²) in [5.74, 6) is 0.345. The van der Waals surface area contributed by atoms with Crippen molar-refractivity contribution in [2.75, 3.05) is 20.2 Å². The summed E-state index contributed by atoms with van der Waals surface area (Å²) < 4.78 is 25.3. The van der Waals surface area contributed by atoms with Gasteiger partial charge in [0.15, 0.2) is 11.5 Å². The summed E-state index contributed by atoms with van der Waals surface area (Å²) in [5, 5.41) is 3.83. The monoisotopic (exact) mass is 370 g/mol. The first-order valence-electron chi connectivity index (χ1n) is 7.59. The molecule has 0 saturated carbocycles. The van der Waals surface area contributed by atoms with Gasteiger partial charge in [0.2, 0.25) is 0 Å². The zero-order valence-electron chi connectivity index (χ0n) is 13.1. The summed E-state index contributed by atoms with van der Waals surface area (Å²) in [5.41, 5.74) is 0.841. The van der Waals surface area contributed by atoms with Gasteiger partial charge in [0, 0.05) is 42.6 Å². The number of hydrogen-bond donors (Lipinski definition) is 1. The van der Waals surface area contributed by atoms with E-state index in [-0.39, 0.29) is 17.0 Å². The normalized spacial score (nSPS) is 18.4. The van der Waals surface area contributed by atoms with Crippen molar-refractivity contribution in [1.29, 1.82) is 0 Å². The van der Waals surface area contributed by atoms with Gasteiger partial charge >= 0.3 is 0 Å². The molecule has 0 radical (unpaired) electrons. The molecule has 1 N–H and O–H groups in total. The summed E-state index contributed by atoms with van der Waals surface area (Å²) in [4.78, 5) is 4.13. The van der Waals surface area contributed by atoms with Crippen molar-refractivity contribution in [2.24, 2.45) is 5.92 Å². The zero-order chi connectivity index (χ0) is 17.1. The highest BCUT2D eigenvalue weighted by molar-refractivity contribution is 6.31. The van der Waals surface area contributed by atoms with Gasteiger partial charge in [0.25, 0.3) is 0 Å². The number of halogens is 3. The number of methoxy groups -OCH3 is 1. The van der Waals surface area contributed by atoms with E-state index in [1.54, 1.807) is 12.4 Å². The molecule has 1 aromatic heterocycles. The summed E-state index contributed by atoms with van der Waals surface area (Å²) >= 11 is 11.9. The fraction of sp³-hybridized carbons (Fsp3) is 0.353. The maximum atomic E-state index is 13.9. The second-order valence-electron chi connectivity index (χ2n) is 5.64. The van der Waals surface area contributed by atoms with E-state index in [0.717, 1.165) is 25.1 Å². The predicted molar refractivity (Wildman–Crippen MR) is 91.6 cm³/mol. The molecule has 2 aromatic rings. The highest BCUT2D eigenvalue weighted by Crippen LogP contribution is 2.38. The maximum Gasteiger partial charge on any atom is 0.165 e. The first-order valence-corrected chi connectivity index (χ1v) is 8.35. The van der Waals surface area contributed by atoms with E-state index < -0.39 is 5.82 Å². The largest absolute Gasteiger partial charge is 0.493 e. The molecule has 1 fully saturated rings. The number of nitrogens with one attached hydrogen (secondary N) is 1. The Morgan fingerprint density at radius 2 is 2.08 bits per heavy atom. The van der Waals surface area contributed by atoms with Gasteiger partial charge in [-0.25, -0.2) is 4.39 Å². The number of aromatic nitrogens is 1. The van der Waals surface area contributed by atoms with Crippen molar-refractivity contribution >= 4 is 23.2 Å². The van der Waals surface area contributed by atoms with Gasteiger partial charge in [-0.05, 0) is 19.0 Å². The standard InChI is InChI=1S/C17H17Cl2FN2O2/c1-23-15-5-13(19)14(20)6-16(15)24-17(10-2-3-21-7-10)11-4-12(18)9-22-8-11/h4-6,8-10,17,21H,2-3,7H2,1H3/t10-,17+/m1/s1. The molecular weight excluding hydrogens is 354 g/mol. The minimum atomic E-state index is -0.556. The Bertz CT molecular complexity index is 724. The third-order valence-corrected chi connectivity index (χ3v) is 4.54. The topological polar surface area (TPSA) is 43.4 Å². The molecule has 2 atom stereocenters. The third-order valence-electron chi connectivity index (χ3n) is 4.04. The molecule has 3 rings (SSSR count). The van der Waals surface area contributed by atoms with Crippen LogP contribution in [0.3, 0.4) is 0 Å². The quantitative estimate of drug-likeness (QED) is 0.853. The summed E-state index contributed by atoms with van der Waals surface area (Å²) in [6, 6.07) is 4.47. The van der Waals surface area contributed by atoms with E-state index in [2.05, 4.69) is 10.3 Å². The van der Waals surface area contributed by atoms with Gasteiger partial charge in [0.1, 0.15) is 11.9 Å². The highest BCUT2D eigenvalue weighted by atomic mass is 35.5.